The maximum atomic E-state index is 13.4. The number of carbonyl (C=O) groups is 1. The van der Waals surface area contributed by atoms with Crippen LogP contribution in [0.15, 0.2) is 76.1 Å². The highest BCUT2D eigenvalue weighted by Gasteiger charge is 2.26. The summed E-state index contributed by atoms with van der Waals surface area (Å²) in [6, 6.07) is 19.7. The fourth-order valence-electron chi connectivity index (χ4n) is 4.47. The highest BCUT2D eigenvalue weighted by molar-refractivity contribution is 9.10. The molecule has 0 heterocycles. The topological polar surface area (TPSA) is 58.6 Å². The Balaban J connectivity index is 1.74. The van der Waals surface area contributed by atoms with E-state index in [4.69, 9.17) is 4.74 Å². The van der Waals surface area contributed by atoms with Gasteiger partial charge in [0.1, 0.15) is 11.6 Å². The minimum atomic E-state index is -0.783. The molecular weight excluding hydrogens is 565 g/mol. The predicted molar refractivity (Wildman–Crippen MR) is 157 cm³/mol. The number of nitrogens with one attached hydrogen (secondary N) is 1. The molecule has 0 radical (unpaired) electrons. The summed E-state index contributed by atoms with van der Waals surface area (Å²) in [6.07, 6.45) is 1.06. The molecular formula is C31H37BrFNO3S. The SMILES string of the molecule is Cc1cccc(C)c1OCC(=O)N[C@@H](Cc1cccc(Br)c1)[C@H](O)C[C@H](CC(C)C)Sc1ccc(F)cc1. The predicted octanol–water partition coefficient (Wildman–Crippen LogP) is 7.27. The van der Waals surface area contributed by atoms with E-state index in [2.05, 4.69) is 35.1 Å². The standard InChI is InChI=1S/C31H37BrFNO3S/c1-20(2)15-27(38-26-13-11-25(33)12-14-26)18-29(35)28(17-23-9-6-10-24(32)16-23)34-30(36)19-37-31-21(3)7-5-8-22(31)4/h5-14,16,20,27-29,35H,15,17-19H2,1-4H3,(H,34,36)/t27-,28-,29+/m0/s1. The number of aryl methyl sites for hydroxylation is 2. The number of amides is 1. The molecule has 3 rings (SSSR count). The van der Waals surface area contributed by atoms with Gasteiger partial charge < -0.3 is 15.2 Å². The van der Waals surface area contributed by atoms with Crippen molar-refractivity contribution in [2.24, 2.45) is 5.92 Å². The lowest BCUT2D eigenvalue weighted by molar-refractivity contribution is -0.124. The van der Waals surface area contributed by atoms with Crippen molar-refractivity contribution in [3.63, 3.8) is 0 Å². The first-order valence-corrected chi connectivity index (χ1v) is 14.6. The zero-order valence-corrected chi connectivity index (χ0v) is 24.8. The molecule has 0 unspecified atom stereocenters. The van der Waals surface area contributed by atoms with Gasteiger partial charge >= 0.3 is 0 Å². The van der Waals surface area contributed by atoms with Crippen LogP contribution in [0.2, 0.25) is 0 Å². The second-order valence-corrected chi connectivity index (χ2v) is 12.4. The number of benzene rings is 3. The van der Waals surface area contributed by atoms with Gasteiger partial charge in [-0.25, -0.2) is 4.39 Å². The number of hydrogen-bond acceptors (Lipinski definition) is 4. The van der Waals surface area contributed by atoms with Gasteiger partial charge in [-0.05, 0) is 92.1 Å². The third-order valence-corrected chi connectivity index (χ3v) is 8.02. The lowest BCUT2D eigenvalue weighted by Crippen LogP contribution is -2.47. The number of carbonyl (C=O) groups excluding carboxylic acids is 1. The summed E-state index contributed by atoms with van der Waals surface area (Å²) in [4.78, 5) is 14.0. The van der Waals surface area contributed by atoms with Crippen molar-refractivity contribution in [2.75, 3.05) is 6.61 Å². The largest absolute Gasteiger partial charge is 0.483 e. The summed E-state index contributed by atoms with van der Waals surface area (Å²) in [5, 5.41) is 14.6. The minimum absolute atomic E-state index is 0.100. The average molecular weight is 603 g/mol. The molecule has 0 spiro atoms. The Kier molecular flexibility index (Phi) is 11.7. The molecule has 3 aromatic carbocycles. The summed E-state index contributed by atoms with van der Waals surface area (Å²) in [7, 11) is 0. The average Bonchev–Trinajstić information content (AvgIpc) is 2.84. The molecule has 0 bridgehead atoms. The van der Waals surface area contributed by atoms with Crippen molar-refractivity contribution in [1.29, 1.82) is 0 Å². The van der Waals surface area contributed by atoms with Gasteiger partial charge in [0.15, 0.2) is 6.61 Å². The third kappa shape index (κ3) is 9.75. The molecule has 7 heteroatoms. The fourth-order valence-corrected chi connectivity index (χ4v) is 6.37. The fraction of sp³-hybridized carbons (Fsp3) is 0.387. The summed E-state index contributed by atoms with van der Waals surface area (Å²) in [5.74, 6) is 0.580. The van der Waals surface area contributed by atoms with E-state index in [1.807, 2.05) is 56.3 Å². The highest BCUT2D eigenvalue weighted by Crippen LogP contribution is 2.32. The monoisotopic (exact) mass is 601 g/mol. The first-order chi connectivity index (χ1) is 18.1. The molecule has 38 heavy (non-hydrogen) atoms. The Labute approximate surface area is 238 Å². The molecule has 0 aliphatic rings. The molecule has 3 aromatic rings. The molecule has 3 atom stereocenters. The number of hydrogen-bond donors (Lipinski definition) is 2. The van der Waals surface area contributed by atoms with Gasteiger partial charge in [0.2, 0.25) is 0 Å². The van der Waals surface area contributed by atoms with Crippen molar-refractivity contribution in [1.82, 2.24) is 5.32 Å². The van der Waals surface area contributed by atoms with E-state index in [1.54, 1.807) is 23.9 Å². The summed E-state index contributed by atoms with van der Waals surface area (Å²) in [5.41, 5.74) is 2.95. The van der Waals surface area contributed by atoms with E-state index < -0.39 is 12.1 Å². The number of halogens is 2. The molecule has 0 fully saturated rings. The van der Waals surface area contributed by atoms with Crippen molar-refractivity contribution < 1.29 is 19.0 Å². The number of rotatable bonds is 13. The van der Waals surface area contributed by atoms with Crippen LogP contribution in [0.5, 0.6) is 5.75 Å². The molecule has 1 amide bonds. The van der Waals surface area contributed by atoms with Crippen LogP contribution in [-0.2, 0) is 11.2 Å². The second kappa shape index (κ2) is 14.7. The normalized spacial score (nSPS) is 13.7. The molecule has 0 aliphatic carbocycles. The molecule has 0 aromatic heterocycles. The second-order valence-electron chi connectivity index (χ2n) is 10.1. The number of thioether (sulfide) groups is 1. The quantitative estimate of drug-likeness (QED) is 0.202. The molecule has 204 valence electrons. The van der Waals surface area contributed by atoms with Crippen LogP contribution in [0.3, 0.4) is 0 Å². The maximum Gasteiger partial charge on any atom is 0.258 e. The van der Waals surface area contributed by atoms with Crippen LogP contribution in [0.4, 0.5) is 4.39 Å². The van der Waals surface area contributed by atoms with Crippen molar-refractivity contribution in [3.05, 3.63) is 93.7 Å². The van der Waals surface area contributed by atoms with Crippen LogP contribution in [0.1, 0.15) is 43.4 Å². The lowest BCUT2D eigenvalue weighted by Gasteiger charge is -2.28. The van der Waals surface area contributed by atoms with Crippen molar-refractivity contribution in [2.45, 2.75) is 69.2 Å². The maximum absolute atomic E-state index is 13.4. The minimum Gasteiger partial charge on any atom is -0.483 e. The molecule has 0 aliphatic heterocycles. The van der Waals surface area contributed by atoms with Gasteiger partial charge in [0.25, 0.3) is 5.91 Å². The van der Waals surface area contributed by atoms with Gasteiger partial charge in [-0.15, -0.1) is 11.8 Å². The van der Waals surface area contributed by atoms with Gasteiger partial charge in [-0.2, -0.15) is 0 Å². The first-order valence-electron chi connectivity index (χ1n) is 12.9. The molecule has 0 saturated heterocycles. The zero-order valence-electron chi connectivity index (χ0n) is 22.4. The highest BCUT2D eigenvalue weighted by atomic mass is 79.9. The molecule has 0 saturated carbocycles. The zero-order chi connectivity index (χ0) is 27.7. The van der Waals surface area contributed by atoms with E-state index >= 15 is 0 Å². The van der Waals surface area contributed by atoms with E-state index in [0.29, 0.717) is 24.5 Å². The van der Waals surface area contributed by atoms with Crippen LogP contribution in [-0.4, -0.2) is 35.0 Å². The summed E-state index contributed by atoms with van der Waals surface area (Å²) < 4.78 is 20.2. The first kappa shape index (κ1) is 30.2. The van der Waals surface area contributed by atoms with E-state index in [0.717, 1.165) is 32.5 Å². The molecule has 4 nitrogen and oxygen atoms in total. The van der Waals surface area contributed by atoms with Gasteiger partial charge in [-0.3, -0.25) is 4.79 Å². The Morgan fingerprint density at radius 1 is 1.03 bits per heavy atom. The number of ether oxygens (including phenoxy) is 1. The van der Waals surface area contributed by atoms with Gasteiger partial charge in [0, 0.05) is 14.6 Å². The Morgan fingerprint density at radius 3 is 2.32 bits per heavy atom. The summed E-state index contributed by atoms with van der Waals surface area (Å²) >= 11 is 5.15. The van der Waals surface area contributed by atoms with Crippen LogP contribution in [0.25, 0.3) is 0 Å². The number of aliphatic hydroxyl groups is 1. The number of aliphatic hydroxyl groups excluding tert-OH is 1. The van der Waals surface area contributed by atoms with Crippen LogP contribution >= 0.6 is 27.7 Å². The smallest absolute Gasteiger partial charge is 0.258 e. The van der Waals surface area contributed by atoms with E-state index in [1.165, 1.54) is 12.1 Å². The Bertz CT molecular complexity index is 1170. The van der Waals surface area contributed by atoms with E-state index in [9.17, 15) is 14.3 Å². The summed E-state index contributed by atoms with van der Waals surface area (Å²) in [6.45, 7) is 8.07. The van der Waals surface area contributed by atoms with Gasteiger partial charge in [0.05, 0.1) is 12.1 Å². The third-order valence-electron chi connectivity index (χ3n) is 6.27. The number of para-hydroxylation sites is 1. The Morgan fingerprint density at radius 2 is 1.68 bits per heavy atom. The van der Waals surface area contributed by atoms with Crippen molar-refractivity contribution in [3.8, 4) is 5.75 Å². The van der Waals surface area contributed by atoms with Crippen molar-refractivity contribution >= 4 is 33.6 Å². The van der Waals surface area contributed by atoms with Crippen LogP contribution in [0, 0.1) is 25.6 Å². The molecule has 2 N–H and O–H groups in total. The van der Waals surface area contributed by atoms with E-state index in [-0.39, 0.29) is 23.6 Å². The lowest BCUT2D eigenvalue weighted by atomic mass is 9.95. The van der Waals surface area contributed by atoms with Crippen LogP contribution < -0.4 is 10.1 Å². The van der Waals surface area contributed by atoms with Gasteiger partial charge in [-0.1, -0.05) is 60.1 Å². The Hall–Kier alpha value is -2.35.